The van der Waals surface area contributed by atoms with E-state index in [4.69, 9.17) is 0 Å². The zero-order valence-corrected chi connectivity index (χ0v) is 18.8. The molecule has 0 bridgehead atoms. The maximum absolute atomic E-state index is 12.7. The monoisotopic (exact) mass is 474 g/mol. The average molecular weight is 475 g/mol. The second-order valence-corrected chi connectivity index (χ2v) is 10.0. The average Bonchev–Trinajstić information content (AvgIpc) is 3.30. The summed E-state index contributed by atoms with van der Waals surface area (Å²) in [5.74, 6) is -4.36. The smallest absolute Gasteiger partial charge is 0.282 e. The predicted octanol–water partition coefficient (Wildman–Crippen LogP) is -2.75. The highest BCUT2D eigenvalue weighted by Crippen LogP contribution is 2.51. The Kier molecular flexibility index (Phi) is 6.21. The number of aliphatic hydroxyl groups excluding tert-OH is 1. The first-order chi connectivity index (χ1) is 15.6. The van der Waals surface area contributed by atoms with E-state index in [-0.39, 0.29) is 28.3 Å². The molecule has 0 spiro atoms. The standard InChI is InChI=1S/C22H25N3O7S/c1-9-16-15(10(2)26)20(28)25(16)17(22(31)32)18(9)33-13-7-14(23-8-13)19(27)24-12-5-3-4-11(6-12)21(29)30/h3-6,9-10,13-16,23,26H,7-8H2,1-2H3,(H,24,27)(H,29,30)(H,31,32)/p-1/t9-,10-,13+,14+,15-,16+/m1/s1. The van der Waals surface area contributed by atoms with Gasteiger partial charge in [0.25, 0.3) is 5.91 Å². The Morgan fingerprint density at radius 2 is 2.00 bits per heavy atom. The molecular weight excluding hydrogens is 450 g/mol. The molecule has 2 amide bonds. The number of quaternary nitrogens is 1. The van der Waals surface area contributed by atoms with Crippen LogP contribution >= 0.6 is 11.8 Å². The van der Waals surface area contributed by atoms with E-state index in [1.165, 1.54) is 41.8 Å². The quantitative estimate of drug-likeness (QED) is 0.358. The number of carboxylic acid groups (broad SMARTS) is 2. The highest BCUT2D eigenvalue weighted by Gasteiger charge is 2.59. The van der Waals surface area contributed by atoms with Gasteiger partial charge in [0.1, 0.15) is 0 Å². The maximum atomic E-state index is 12.7. The molecule has 2 saturated heterocycles. The lowest BCUT2D eigenvalue weighted by molar-refractivity contribution is -0.656. The number of carbonyl (C=O) groups excluding carboxylic acids is 4. The molecule has 4 rings (SSSR count). The molecule has 33 heavy (non-hydrogen) atoms. The lowest BCUT2D eigenvalue weighted by Crippen LogP contribution is -2.89. The van der Waals surface area contributed by atoms with E-state index in [1.54, 1.807) is 6.07 Å². The highest BCUT2D eigenvalue weighted by molar-refractivity contribution is 8.03. The Balaban J connectivity index is 1.43. The van der Waals surface area contributed by atoms with Crippen LogP contribution in [-0.4, -0.2) is 63.7 Å². The van der Waals surface area contributed by atoms with Gasteiger partial charge in [-0.05, 0) is 24.6 Å². The minimum atomic E-state index is -1.42. The van der Waals surface area contributed by atoms with E-state index in [0.29, 0.717) is 23.6 Å². The van der Waals surface area contributed by atoms with Crippen molar-refractivity contribution in [2.75, 3.05) is 11.9 Å². The van der Waals surface area contributed by atoms with E-state index in [1.807, 2.05) is 12.2 Å². The van der Waals surface area contributed by atoms with Gasteiger partial charge in [-0.2, -0.15) is 0 Å². The van der Waals surface area contributed by atoms with Crippen molar-refractivity contribution in [2.24, 2.45) is 11.8 Å². The first-order valence-electron chi connectivity index (χ1n) is 10.7. The molecule has 10 nitrogen and oxygen atoms in total. The molecule has 3 heterocycles. The summed E-state index contributed by atoms with van der Waals surface area (Å²) in [6.07, 6.45) is -0.414. The van der Waals surface area contributed by atoms with Crippen LogP contribution in [0.1, 0.15) is 30.6 Å². The SMILES string of the molecule is C[C@@H](O)[C@H]1C(=O)N2C(C(=O)[O-])=C(S[C@@H]3C[NH2+][C@H](C(=O)Nc4cccc(C(=O)[O-])c4)C3)[C@H](C)[C@@H]12. The number of anilines is 1. The number of aromatic carboxylic acids is 1. The Morgan fingerprint density at radius 3 is 2.64 bits per heavy atom. The van der Waals surface area contributed by atoms with Crippen LogP contribution in [0.5, 0.6) is 0 Å². The lowest BCUT2D eigenvalue weighted by atomic mass is 9.79. The number of benzene rings is 1. The summed E-state index contributed by atoms with van der Waals surface area (Å²) in [5, 5.41) is 37.3. The molecule has 0 aliphatic carbocycles. The van der Waals surface area contributed by atoms with Crippen molar-refractivity contribution in [3.8, 4) is 0 Å². The number of carbonyl (C=O) groups is 4. The van der Waals surface area contributed by atoms with E-state index in [0.717, 1.165) is 0 Å². The molecule has 3 aliphatic rings. The van der Waals surface area contributed by atoms with Crippen LogP contribution in [0, 0.1) is 11.8 Å². The van der Waals surface area contributed by atoms with Crippen molar-refractivity contribution < 1.29 is 39.8 Å². The Bertz CT molecular complexity index is 1060. The molecule has 11 heteroatoms. The van der Waals surface area contributed by atoms with Crippen LogP contribution in [-0.2, 0) is 14.4 Å². The summed E-state index contributed by atoms with van der Waals surface area (Å²) in [5.41, 5.74) is 0.180. The number of hydrogen-bond acceptors (Lipinski definition) is 8. The second kappa shape index (κ2) is 8.81. The number of fused-ring (bicyclic) bond motifs is 1. The fourth-order valence-electron chi connectivity index (χ4n) is 4.91. The molecule has 0 saturated carbocycles. The zero-order valence-electron chi connectivity index (χ0n) is 18.0. The second-order valence-electron chi connectivity index (χ2n) is 8.67. The van der Waals surface area contributed by atoms with Gasteiger partial charge in [0.05, 0.1) is 47.5 Å². The summed E-state index contributed by atoms with van der Waals surface area (Å²) in [6, 6.07) is 4.96. The van der Waals surface area contributed by atoms with Crippen molar-refractivity contribution >= 4 is 41.2 Å². The summed E-state index contributed by atoms with van der Waals surface area (Å²) in [4.78, 5) is 49.7. The molecule has 0 unspecified atom stereocenters. The first-order valence-corrected chi connectivity index (χ1v) is 11.6. The van der Waals surface area contributed by atoms with Gasteiger partial charge in [-0.15, -0.1) is 11.8 Å². The first kappa shape index (κ1) is 23.3. The maximum Gasteiger partial charge on any atom is 0.282 e. The normalized spacial score (nSPS) is 29.5. The van der Waals surface area contributed by atoms with E-state index in [9.17, 15) is 34.5 Å². The van der Waals surface area contributed by atoms with Crippen molar-refractivity contribution in [1.82, 2.24) is 4.90 Å². The Hall–Kier alpha value is -2.89. The van der Waals surface area contributed by atoms with Gasteiger partial charge in [0.2, 0.25) is 5.91 Å². The van der Waals surface area contributed by atoms with Crippen LogP contribution in [0.25, 0.3) is 0 Å². The number of nitrogens with zero attached hydrogens (tertiary/aromatic N) is 1. The number of β-lactam (4-membered cyclic amide) rings is 1. The van der Waals surface area contributed by atoms with Crippen molar-refractivity contribution in [1.29, 1.82) is 0 Å². The van der Waals surface area contributed by atoms with Crippen LogP contribution in [0.3, 0.4) is 0 Å². The van der Waals surface area contributed by atoms with E-state index >= 15 is 0 Å². The lowest BCUT2D eigenvalue weighted by Gasteiger charge is -2.47. The number of amides is 2. The van der Waals surface area contributed by atoms with Gasteiger partial charge in [-0.25, -0.2) is 0 Å². The molecule has 2 fully saturated rings. The fourth-order valence-corrected chi connectivity index (χ4v) is 6.43. The molecule has 0 aromatic heterocycles. The van der Waals surface area contributed by atoms with Crippen molar-refractivity contribution in [3.05, 3.63) is 40.4 Å². The minimum absolute atomic E-state index is 0.0386. The van der Waals surface area contributed by atoms with Gasteiger partial charge < -0.3 is 40.4 Å². The molecule has 3 aliphatic heterocycles. The number of hydrogen-bond donors (Lipinski definition) is 3. The largest absolute Gasteiger partial charge is 0.545 e. The number of thioether (sulfide) groups is 1. The summed E-state index contributed by atoms with van der Waals surface area (Å²) in [7, 11) is 0. The predicted molar refractivity (Wildman–Crippen MR) is 113 cm³/mol. The van der Waals surface area contributed by atoms with Crippen LogP contribution < -0.4 is 20.8 Å². The summed E-state index contributed by atoms with van der Waals surface area (Å²) < 4.78 is 0. The molecule has 0 radical (unpaired) electrons. The third-order valence-corrected chi connectivity index (χ3v) is 8.04. The zero-order chi connectivity index (χ0) is 24.0. The molecule has 176 valence electrons. The number of aliphatic carboxylic acids is 1. The van der Waals surface area contributed by atoms with Gasteiger partial charge in [0.15, 0.2) is 6.04 Å². The number of aliphatic hydroxyl groups is 1. The summed E-state index contributed by atoms with van der Waals surface area (Å²) in [6.45, 7) is 3.93. The molecule has 4 N–H and O–H groups in total. The van der Waals surface area contributed by atoms with E-state index in [2.05, 4.69) is 5.32 Å². The number of rotatable bonds is 7. The third-order valence-electron chi connectivity index (χ3n) is 6.50. The molecule has 1 aromatic carbocycles. The molecular formula is C22H24N3O7S-. The number of nitrogens with one attached hydrogen (secondary N) is 1. The molecule has 1 aromatic rings. The number of nitrogens with two attached hydrogens (primary N) is 1. The number of carboxylic acids is 2. The fraction of sp³-hybridized carbons (Fsp3) is 0.455. The minimum Gasteiger partial charge on any atom is -0.545 e. The molecule has 6 atom stereocenters. The van der Waals surface area contributed by atoms with Gasteiger partial charge in [-0.1, -0.05) is 19.1 Å². The topological polar surface area (TPSA) is 167 Å². The van der Waals surface area contributed by atoms with Gasteiger partial charge >= 0.3 is 0 Å². The Morgan fingerprint density at radius 1 is 1.27 bits per heavy atom. The van der Waals surface area contributed by atoms with Crippen LogP contribution in [0.15, 0.2) is 34.9 Å². The third kappa shape index (κ3) is 4.11. The highest BCUT2D eigenvalue weighted by atomic mass is 32.2. The van der Waals surface area contributed by atoms with Crippen LogP contribution in [0.2, 0.25) is 0 Å². The van der Waals surface area contributed by atoms with Gasteiger partial charge in [0, 0.05) is 22.9 Å². The Labute approximate surface area is 194 Å². The van der Waals surface area contributed by atoms with E-state index < -0.39 is 42.0 Å². The van der Waals surface area contributed by atoms with Crippen molar-refractivity contribution in [3.63, 3.8) is 0 Å². The summed E-state index contributed by atoms with van der Waals surface area (Å²) >= 11 is 1.34. The van der Waals surface area contributed by atoms with Crippen LogP contribution in [0.4, 0.5) is 5.69 Å². The van der Waals surface area contributed by atoms with Crippen molar-refractivity contribution in [2.45, 2.75) is 43.7 Å². The van der Waals surface area contributed by atoms with Gasteiger partial charge in [-0.3, -0.25) is 9.59 Å².